The lowest BCUT2D eigenvalue weighted by Gasteiger charge is -2.24. The van der Waals surface area contributed by atoms with Crippen molar-refractivity contribution in [3.8, 4) is 51.1 Å². The first kappa shape index (κ1) is 65.6. The molecule has 500 valence electrons. The number of aryl methyl sites for hydroxylation is 8. The van der Waals surface area contributed by atoms with Crippen molar-refractivity contribution in [1.29, 1.82) is 5.26 Å². The van der Waals surface area contributed by atoms with Crippen LogP contribution in [-0.4, -0.2) is 18.3 Å². The van der Waals surface area contributed by atoms with Crippen molar-refractivity contribution in [3.63, 3.8) is 0 Å². The minimum absolute atomic E-state index is 0.121. The maximum atomic E-state index is 16.1. The predicted octanol–water partition coefficient (Wildman–Crippen LogP) is 25.6. The topological polar surface area (TPSA) is 52.2 Å². The molecular weight excluding hydrogens is 1300 g/mol. The molecule has 0 atom stereocenters. The number of halogens is 9. The van der Waals surface area contributed by atoms with Gasteiger partial charge in [-0.3, -0.25) is 0 Å². The van der Waals surface area contributed by atoms with Gasteiger partial charge in [-0.15, -0.1) is 0 Å². The largest absolute Gasteiger partial charge is 0.420 e. The lowest BCUT2D eigenvalue weighted by atomic mass is 9.94. The van der Waals surface area contributed by atoms with Gasteiger partial charge in [0, 0.05) is 43.1 Å². The average molecular weight is 1360 g/mol. The van der Waals surface area contributed by atoms with Crippen molar-refractivity contribution in [3.05, 3.63) is 296 Å². The molecule has 0 radical (unpaired) electrons. The third kappa shape index (κ3) is 10.7. The molecule has 0 saturated carbocycles. The maximum absolute atomic E-state index is 16.1. The van der Waals surface area contributed by atoms with Gasteiger partial charge in [-0.05, 0) is 195 Å². The second kappa shape index (κ2) is 24.0. The summed E-state index contributed by atoms with van der Waals surface area (Å²) in [7, 11) is 0. The Morgan fingerprint density at radius 1 is 0.304 bits per heavy atom. The molecule has 0 unspecified atom stereocenters. The summed E-state index contributed by atoms with van der Waals surface area (Å²) in [6.07, 6.45) is -14.6. The molecule has 0 amide bonds. The summed E-state index contributed by atoms with van der Waals surface area (Å²) in [5.41, 5.74) is 8.67. The zero-order valence-electron chi connectivity index (χ0n) is 56.2. The van der Waals surface area contributed by atoms with Gasteiger partial charge < -0.3 is 18.3 Å². The average Bonchev–Trinajstić information content (AvgIpc) is 1.50. The van der Waals surface area contributed by atoms with Crippen LogP contribution in [0.5, 0.6) is 0 Å². The smallest absolute Gasteiger partial charge is 0.309 e. The van der Waals surface area contributed by atoms with Gasteiger partial charge >= 0.3 is 18.5 Å². The van der Waals surface area contributed by atoms with Gasteiger partial charge in [-0.2, -0.15) is 44.8 Å². The number of nitriles is 1. The quantitative estimate of drug-likeness (QED) is 0.121. The Labute approximate surface area is 579 Å². The fourth-order valence-electron chi connectivity index (χ4n) is 15.0. The summed E-state index contributed by atoms with van der Waals surface area (Å²) in [6.45, 7) is 31.1. The van der Waals surface area contributed by atoms with E-state index in [4.69, 9.17) is 13.1 Å². The SMILES string of the molecule is [C-]#[N+]c1cccc(C(F)(F)F)c1-c1cc(-n2c3cc(C)ccc3c3ccc(C)cc32)c(C#N)c(-n2c3cc(C)ccc3c3ccc(C)cc32)c1.[C-]#[N+]c1cccc(C(F)(F)F)c1-c1cc(-n2c3cc(C)ccc3c3ccc(C)cc32)c(C(F)(F)F)c(-n2c3cc(C)ccc3c3ccc(C)cc32)c1. The van der Waals surface area contributed by atoms with E-state index in [-0.39, 0.29) is 39.4 Å². The highest BCUT2D eigenvalue weighted by Gasteiger charge is 2.42. The molecule has 7 nitrogen and oxygen atoms in total. The number of fused-ring (bicyclic) bond motifs is 12. The van der Waals surface area contributed by atoms with Crippen LogP contribution in [0.2, 0.25) is 0 Å². The van der Waals surface area contributed by atoms with Crippen molar-refractivity contribution in [2.24, 2.45) is 0 Å². The molecule has 0 saturated heterocycles. The zero-order valence-corrected chi connectivity index (χ0v) is 56.2. The molecule has 16 rings (SSSR count). The van der Waals surface area contributed by atoms with Gasteiger partial charge in [0.1, 0.15) is 17.2 Å². The zero-order chi connectivity index (χ0) is 71.9. The highest BCUT2D eigenvalue weighted by molar-refractivity contribution is 6.14. The third-order valence-electron chi connectivity index (χ3n) is 19.4. The Morgan fingerprint density at radius 2 is 0.529 bits per heavy atom. The molecule has 102 heavy (non-hydrogen) atoms. The molecule has 0 aliphatic rings. The van der Waals surface area contributed by atoms with Crippen LogP contribution >= 0.6 is 0 Å². The van der Waals surface area contributed by atoms with Crippen molar-refractivity contribution >= 4 is 98.6 Å². The molecule has 16 heteroatoms. The Kier molecular flexibility index (Phi) is 15.4. The highest BCUT2D eigenvalue weighted by Crippen LogP contribution is 2.52. The Balaban J connectivity index is 0.000000165. The van der Waals surface area contributed by atoms with Gasteiger partial charge in [-0.1, -0.05) is 133 Å². The van der Waals surface area contributed by atoms with Crippen molar-refractivity contribution in [2.45, 2.75) is 73.9 Å². The van der Waals surface area contributed by atoms with E-state index in [0.29, 0.717) is 60.5 Å². The predicted molar refractivity (Wildman–Crippen MR) is 391 cm³/mol. The maximum Gasteiger partial charge on any atom is 0.420 e. The molecule has 4 aromatic heterocycles. The molecular formula is C86H58F9N7. The second-order valence-corrected chi connectivity index (χ2v) is 26.5. The summed E-state index contributed by atoms with van der Waals surface area (Å²) >= 11 is 0. The van der Waals surface area contributed by atoms with E-state index in [0.717, 1.165) is 106 Å². The molecule has 0 aliphatic heterocycles. The van der Waals surface area contributed by atoms with E-state index in [1.807, 2.05) is 186 Å². The Bertz CT molecular complexity index is 5890. The van der Waals surface area contributed by atoms with Gasteiger partial charge in [0.05, 0.1) is 91.2 Å². The molecule has 0 bridgehead atoms. The van der Waals surface area contributed by atoms with E-state index >= 15 is 13.2 Å². The van der Waals surface area contributed by atoms with Crippen LogP contribution in [0.25, 0.3) is 142 Å². The molecule has 4 heterocycles. The number of nitrogens with zero attached hydrogens (tertiary/aromatic N) is 7. The minimum atomic E-state index is -4.98. The number of alkyl halides is 9. The Hall–Kier alpha value is -12.3. The number of rotatable bonds is 6. The lowest BCUT2D eigenvalue weighted by Crippen LogP contribution is -2.16. The lowest BCUT2D eigenvalue weighted by molar-refractivity contribution is -0.138. The van der Waals surface area contributed by atoms with Crippen LogP contribution in [0.4, 0.5) is 50.9 Å². The summed E-state index contributed by atoms with van der Waals surface area (Å²) in [5, 5.41) is 17.8. The van der Waals surface area contributed by atoms with Gasteiger partial charge in [0.2, 0.25) is 0 Å². The number of aromatic nitrogens is 4. The van der Waals surface area contributed by atoms with Crippen molar-refractivity contribution in [1.82, 2.24) is 18.3 Å². The number of hydrogen-bond donors (Lipinski definition) is 0. The van der Waals surface area contributed by atoms with Crippen LogP contribution in [0, 0.1) is 79.9 Å². The molecule has 0 aliphatic carbocycles. The first-order chi connectivity index (χ1) is 48.6. The van der Waals surface area contributed by atoms with Crippen LogP contribution in [-0.2, 0) is 18.5 Å². The van der Waals surface area contributed by atoms with Crippen LogP contribution in [0.15, 0.2) is 206 Å². The molecule has 12 aromatic carbocycles. The van der Waals surface area contributed by atoms with Crippen molar-refractivity contribution < 1.29 is 39.5 Å². The standard InChI is InChI=1S/C43H29F6N3.C43H29F3N4/c1-23-9-13-28-29-14-10-24(2)18-35(29)51(34(28)17-23)38-21-27(40-32(42(44,45)46)7-6-8-33(40)50-5)22-39(41(38)43(47,48)49)52-36-19-25(3)11-15-30(36)31-16-12-26(4)20-37(31)52;1-24-9-13-29-30-14-10-25(2)18-37(30)49(36(29)17-24)40-21-28(42-34(43(44,45)46)7-6-8-35(42)48-5)22-41(33(40)23-47)50-38-19-26(3)11-15-31(38)32-16-12-27(4)20-39(32)50/h6-22H,1-4H3;6-22H,1-4H3. The normalized spacial score (nSPS) is 12.1. The monoisotopic (exact) mass is 1360 g/mol. The van der Waals surface area contributed by atoms with Gasteiger partial charge in [0.15, 0.2) is 11.4 Å². The second-order valence-electron chi connectivity index (χ2n) is 26.5. The van der Waals surface area contributed by atoms with Gasteiger partial charge in [0.25, 0.3) is 0 Å². The molecule has 0 N–H and O–H groups in total. The molecule has 16 aromatic rings. The van der Waals surface area contributed by atoms with Crippen molar-refractivity contribution in [2.75, 3.05) is 0 Å². The van der Waals surface area contributed by atoms with E-state index in [2.05, 4.69) is 15.8 Å². The van der Waals surface area contributed by atoms with Crippen LogP contribution < -0.4 is 0 Å². The summed E-state index contributed by atoms with van der Waals surface area (Å²) in [6, 6.07) is 61.6. The first-order valence-electron chi connectivity index (χ1n) is 32.7. The molecule has 0 spiro atoms. The van der Waals surface area contributed by atoms with E-state index < -0.39 is 40.8 Å². The number of benzene rings is 12. The summed E-state index contributed by atoms with van der Waals surface area (Å²) in [5.74, 6) is 0. The van der Waals surface area contributed by atoms with E-state index in [9.17, 15) is 31.6 Å². The minimum Gasteiger partial charge on any atom is -0.309 e. The Morgan fingerprint density at radius 3 is 0.735 bits per heavy atom. The highest BCUT2D eigenvalue weighted by atomic mass is 19.4. The van der Waals surface area contributed by atoms with E-state index in [1.54, 1.807) is 36.4 Å². The third-order valence-corrected chi connectivity index (χ3v) is 19.4. The summed E-state index contributed by atoms with van der Waals surface area (Å²) < 4.78 is 144. The first-order valence-corrected chi connectivity index (χ1v) is 32.7. The molecule has 0 fully saturated rings. The van der Waals surface area contributed by atoms with E-state index in [1.165, 1.54) is 39.5 Å². The van der Waals surface area contributed by atoms with Crippen LogP contribution in [0.3, 0.4) is 0 Å². The van der Waals surface area contributed by atoms with Gasteiger partial charge in [-0.25, -0.2) is 9.69 Å². The number of hydrogen-bond acceptors (Lipinski definition) is 1. The fraction of sp³-hybridized carbons (Fsp3) is 0.128. The van der Waals surface area contributed by atoms with Crippen LogP contribution in [0.1, 0.15) is 66.8 Å². The summed E-state index contributed by atoms with van der Waals surface area (Å²) in [4.78, 5) is 7.00. The fourth-order valence-corrected chi connectivity index (χ4v) is 15.0.